The zero-order valence-corrected chi connectivity index (χ0v) is 13.2. The normalized spacial score (nSPS) is 14.8. The quantitative estimate of drug-likeness (QED) is 0.906. The van der Waals surface area contributed by atoms with Crippen LogP contribution in [0, 0.1) is 6.92 Å². The van der Waals surface area contributed by atoms with Crippen LogP contribution in [0.2, 0.25) is 0 Å². The smallest absolute Gasteiger partial charge is 0.148 e. The summed E-state index contributed by atoms with van der Waals surface area (Å²) in [6.07, 6.45) is 3.64. The first kappa shape index (κ1) is 13.2. The standard InChI is InChI=1S/C14H16BrN3S/c1-9-8-10(15)2-5-12(9)14-18-17-13(19-14)6-7-16-11-3-4-11/h2,5,8,11,16H,3-4,6-7H2,1H3. The molecule has 0 aliphatic heterocycles. The first-order valence-corrected chi connectivity index (χ1v) is 8.15. The summed E-state index contributed by atoms with van der Waals surface area (Å²) in [6, 6.07) is 7.04. The lowest BCUT2D eigenvalue weighted by Crippen LogP contribution is -2.19. The van der Waals surface area contributed by atoms with Crippen LogP contribution in [0.4, 0.5) is 0 Å². The summed E-state index contributed by atoms with van der Waals surface area (Å²) in [6.45, 7) is 3.12. The van der Waals surface area contributed by atoms with Crippen molar-refractivity contribution in [2.24, 2.45) is 0 Å². The van der Waals surface area contributed by atoms with Crippen LogP contribution >= 0.6 is 27.3 Å². The molecule has 0 spiro atoms. The molecular formula is C14H16BrN3S. The van der Waals surface area contributed by atoms with E-state index in [0.717, 1.165) is 33.5 Å². The van der Waals surface area contributed by atoms with E-state index >= 15 is 0 Å². The van der Waals surface area contributed by atoms with E-state index in [-0.39, 0.29) is 0 Å². The molecule has 1 fully saturated rings. The lowest BCUT2D eigenvalue weighted by atomic mass is 10.1. The predicted octanol–water partition coefficient (Wildman–Crippen LogP) is 3.57. The highest BCUT2D eigenvalue weighted by atomic mass is 79.9. The number of hydrogen-bond acceptors (Lipinski definition) is 4. The molecule has 0 unspecified atom stereocenters. The molecule has 1 heterocycles. The molecular weight excluding hydrogens is 322 g/mol. The van der Waals surface area contributed by atoms with E-state index in [1.165, 1.54) is 24.0 Å². The largest absolute Gasteiger partial charge is 0.314 e. The lowest BCUT2D eigenvalue weighted by Gasteiger charge is -2.01. The number of rotatable bonds is 5. The second-order valence-corrected chi connectivity index (χ2v) is 6.92. The van der Waals surface area contributed by atoms with E-state index in [4.69, 9.17) is 0 Å². The highest BCUT2D eigenvalue weighted by Crippen LogP contribution is 2.28. The van der Waals surface area contributed by atoms with Crippen molar-refractivity contribution >= 4 is 27.3 Å². The van der Waals surface area contributed by atoms with Gasteiger partial charge in [-0.1, -0.05) is 33.3 Å². The van der Waals surface area contributed by atoms with Crippen LogP contribution in [0.1, 0.15) is 23.4 Å². The van der Waals surface area contributed by atoms with Gasteiger partial charge in [0.25, 0.3) is 0 Å². The second-order valence-electron chi connectivity index (χ2n) is 4.94. The van der Waals surface area contributed by atoms with E-state index in [9.17, 15) is 0 Å². The molecule has 5 heteroatoms. The van der Waals surface area contributed by atoms with Gasteiger partial charge in [0.15, 0.2) is 0 Å². The Kier molecular flexibility index (Phi) is 3.96. The molecule has 0 radical (unpaired) electrons. The van der Waals surface area contributed by atoms with E-state index < -0.39 is 0 Å². The molecule has 3 nitrogen and oxygen atoms in total. The SMILES string of the molecule is Cc1cc(Br)ccc1-c1nnc(CCNC2CC2)s1. The number of benzene rings is 1. The first-order chi connectivity index (χ1) is 9.22. The zero-order valence-electron chi connectivity index (χ0n) is 10.8. The maximum absolute atomic E-state index is 4.32. The van der Waals surface area contributed by atoms with Crippen LogP contribution in [-0.2, 0) is 6.42 Å². The van der Waals surface area contributed by atoms with Crippen molar-refractivity contribution < 1.29 is 0 Å². The van der Waals surface area contributed by atoms with Gasteiger partial charge in [0.1, 0.15) is 10.0 Å². The molecule has 1 aliphatic carbocycles. The molecule has 1 aliphatic rings. The van der Waals surface area contributed by atoms with Crippen molar-refractivity contribution in [3.8, 4) is 10.6 Å². The van der Waals surface area contributed by atoms with Gasteiger partial charge in [0.05, 0.1) is 0 Å². The van der Waals surface area contributed by atoms with Gasteiger partial charge < -0.3 is 5.32 Å². The van der Waals surface area contributed by atoms with Gasteiger partial charge in [0, 0.05) is 29.0 Å². The Balaban J connectivity index is 1.68. The Morgan fingerprint density at radius 1 is 1.37 bits per heavy atom. The lowest BCUT2D eigenvalue weighted by molar-refractivity contribution is 0.677. The number of nitrogens with one attached hydrogen (secondary N) is 1. The maximum atomic E-state index is 4.32. The predicted molar refractivity (Wildman–Crippen MR) is 82.5 cm³/mol. The van der Waals surface area contributed by atoms with Crippen molar-refractivity contribution in [2.45, 2.75) is 32.2 Å². The van der Waals surface area contributed by atoms with Crippen molar-refractivity contribution in [1.82, 2.24) is 15.5 Å². The molecule has 0 bridgehead atoms. The van der Waals surface area contributed by atoms with E-state index in [1.54, 1.807) is 11.3 Å². The van der Waals surface area contributed by atoms with E-state index in [2.05, 4.69) is 56.6 Å². The Labute approximate surface area is 125 Å². The number of halogens is 1. The second kappa shape index (κ2) is 5.69. The van der Waals surface area contributed by atoms with Crippen LogP contribution < -0.4 is 5.32 Å². The summed E-state index contributed by atoms with van der Waals surface area (Å²) >= 11 is 5.19. The van der Waals surface area contributed by atoms with Gasteiger partial charge in [-0.3, -0.25) is 0 Å². The minimum Gasteiger partial charge on any atom is -0.314 e. The summed E-state index contributed by atoms with van der Waals surface area (Å²) in [5.41, 5.74) is 2.41. The average Bonchev–Trinajstić information content (AvgIpc) is 3.07. The maximum Gasteiger partial charge on any atom is 0.148 e. The third-order valence-electron chi connectivity index (χ3n) is 3.23. The number of aryl methyl sites for hydroxylation is 1. The van der Waals surface area contributed by atoms with Crippen LogP contribution in [0.15, 0.2) is 22.7 Å². The molecule has 3 rings (SSSR count). The Hall–Kier alpha value is -0.780. The van der Waals surface area contributed by atoms with Crippen molar-refractivity contribution in [3.63, 3.8) is 0 Å². The molecule has 1 N–H and O–H groups in total. The number of hydrogen-bond donors (Lipinski definition) is 1. The molecule has 1 aromatic carbocycles. The fourth-order valence-corrected chi connectivity index (χ4v) is 3.41. The molecule has 19 heavy (non-hydrogen) atoms. The molecule has 1 saturated carbocycles. The van der Waals surface area contributed by atoms with E-state index in [1.807, 2.05) is 0 Å². The van der Waals surface area contributed by atoms with Gasteiger partial charge in [-0.05, 0) is 37.5 Å². The monoisotopic (exact) mass is 337 g/mol. The van der Waals surface area contributed by atoms with Crippen LogP contribution in [-0.4, -0.2) is 22.8 Å². The van der Waals surface area contributed by atoms with Gasteiger partial charge in [-0.2, -0.15) is 0 Å². The average molecular weight is 338 g/mol. The van der Waals surface area contributed by atoms with Crippen LogP contribution in [0.5, 0.6) is 0 Å². The topological polar surface area (TPSA) is 37.8 Å². The van der Waals surface area contributed by atoms with E-state index in [0.29, 0.717) is 0 Å². The molecule has 2 aromatic rings. The van der Waals surface area contributed by atoms with Gasteiger partial charge in [0.2, 0.25) is 0 Å². The summed E-state index contributed by atoms with van der Waals surface area (Å²) in [4.78, 5) is 0. The Morgan fingerprint density at radius 3 is 2.95 bits per heavy atom. The number of aromatic nitrogens is 2. The van der Waals surface area contributed by atoms with Crippen molar-refractivity contribution in [3.05, 3.63) is 33.2 Å². The minimum atomic E-state index is 0.765. The summed E-state index contributed by atoms with van der Waals surface area (Å²) in [7, 11) is 0. The summed E-state index contributed by atoms with van der Waals surface area (Å²) in [5, 5.41) is 14.2. The highest BCUT2D eigenvalue weighted by molar-refractivity contribution is 9.10. The zero-order chi connectivity index (χ0) is 13.2. The highest BCUT2D eigenvalue weighted by Gasteiger charge is 2.20. The molecule has 0 amide bonds. The molecule has 0 saturated heterocycles. The Bertz CT molecular complexity index is 578. The van der Waals surface area contributed by atoms with Crippen molar-refractivity contribution in [2.75, 3.05) is 6.54 Å². The minimum absolute atomic E-state index is 0.765. The molecule has 0 atom stereocenters. The Morgan fingerprint density at radius 2 is 2.21 bits per heavy atom. The fourth-order valence-electron chi connectivity index (χ4n) is 2.00. The van der Waals surface area contributed by atoms with Gasteiger partial charge >= 0.3 is 0 Å². The third kappa shape index (κ3) is 3.41. The summed E-state index contributed by atoms with van der Waals surface area (Å²) < 4.78 is 1.10. The molecule has 100 valence electrons. The fraction of sp³-hybridized carbons (Fsp3) is 0.429. The van der Waals surface area contributed by atoms with Crippen molar-refractivity contribution in [1.29, 1.82) is 0 Å². The summed E-state index contributed by atoms with van der Waals surface area (Å²) in [5.74, 6) is 0. The van der Waals surface area contributed by atoms with Gasteiger partial charge in [-0.25, -0.2) is 0 Å². The number of nitrogens with zero attached hydrogens (tertiary/aromatic N) is 2. The van der Waals surface area contributed by atoms with Crippen LogP contribution in [0.3, 0.4) is 0 Å². The van der Waals surface area contributed by atoms with Gasteiger partial charge in [-0.15, -0.1) is 10.2 Å². The third-order valence-corrected chi connectivity index (χ3v) is 4.74. The molecule has 1 aromatic heterocycles. The first-order valence-electron chi connectivity index (χ1n) is 6.54. The van der Waals surface area contributed by atoms with Crippen LogP contribution in [0.25, 0.3) is 10.6 Å².